The Labute approximate surface area is 169 Å². The molecule has 1 amide bonds. The average Bonchev–Trinajstić information content (AvgIpc) is 2.62. The molecule has 0 radical (unpaired) electrons. The third kappa shape index (κ3) is 5.13. The molecule has 152 valence electrons. The van der Waals surface area contributed by atoms with Crippen molar-refractivity contribution in [1.82, 2.24) is 4.90 Å². The number of nitrogens with zero attached hydrogens (tertiary/aromatic N) is 2. The Balaban J connectivity index is 2.35. The van der Waals surface area contributed by atoms with Crippen molar-refractivity contribution < 1.29 is 13.2 Å². The van der Waals surface area contributed by atoms with Crippen LogP contribution in [0.5, 0.6) is 0 Å². The van der Waals surface area contributed by atoms with Crippen molar-refractivity contribution in [3.63, 3.8) is 0 Å². The highest BCUT2D eigenvalue weighted by molar-refractivity contribution is 7.92. The third-order valence-corrected chi connectivity index (χ3v) is 6.15. The minimum Gasteiger partial charge on any atom is -0.340 e. The summed E-state index contributed by atoms with van der Waals surface area (Å²) in [6, 6.07) is 12.7. The average molecular weight is 403 g/mol. The van der Waals surface area contributed by atoms with Crippen LogP contribution in [-0.2, 0) is 21.4 Å². The number of hydrogen-bond acceptors (Lipinski definition) is 3. The van der Waals surface area contributed by atoms with E-state index in [1.165, 1.54) is 4.31 Å². The van der Waals surface area contributed by atoms with Gasteiger partial charge in [0.1, 0.15) is 6.04 Å². The zero-order valence-electron chi connectivity index (χ0n) is 17.6. The Morgan fingerprint density at radius 1 is 1.00 bits per heavy atom. The van der Waals surface area contributed by atoms with E-state index in [1.807, 2.05) is 64.1 Å². The number of rotatable bonds is 7. The van der Waals surface area contributed by atoms with Crippen molar-refractivity contribution in [1.29, 1.82) is 0 Å². The van der Waals surface area contributed by atoms with Gasteiger partial charge < -0.3 is 4.90 Å². The Bertz CT molecular complexity index is 937. The van der Waals surface area contributed by atoms with Crippen molar-refractivity contribution in [2.45, 2.75) is 46.7 Å². The number of amides is 1. The third-order valence-electron chi connectivity index (χ3n) is 4.97. The molecule has 0 saturated heterocycles. The molecule has 0 aliphatic heterocycles. The Morgan fingerprint density at radius 3 is 2.11 bits per heavy atom. The van der Waals surface area contributed by atoms with Crippen LogP contribution >= 0.6 is 0 Å². The van der Waals surface area contributed by atoms with Gasteiger partial charge in [-0.15, -0.1) is 0 Å². The Kier molecular flexibility index (Phi) is 6.88. The van der Waals surface area contributed by atoms with Crippen LogP contribution in [0.4, 0.5) is 5.69 Å². The number of hydrogen-bond donors (Lipinski definition) is 0. The number of carbonyl (C=O) groups is 1. The molecule has 0 fully saturated rings. The summed E-state index contributed by atoms with van der Waals surface area (Å²) >= 11 is 0. The van der Waals surface area contributed by atoms with E-state index in [0.29, 0.717) is 18.7 Å². The lowest BCUT2D eigenvalue weighted by atomic mass is 10.1. The minimum absolute atomic E-state index is 0.216. The van der Waals surface area contributed by atoms with E-state index in [4.69, 9.17) is 0 Å². The largest absolute Gasteiger partial charge is 0.340 e. The second-order valence-corrected chi connectivity index (χ2v) is 9.29. The van der Waals surface area contributed by atoms with Crippen LogP contribution < -0.4 is 4.31 Å². The molecule has 5 nitrogen and oxygen atoms in total. The summed E-state index contributed by atoms with van der Waals surface area (Å²) in [4.78, 5) is 14.8. The van der Waals surface area contributed by atoms with E-state index >= 15 is 0 Å². The van der Waals surface area contributed by atoms with E-state index in [1.54, 1.807) is 18.0 Å². The summed E-state index contributed by atoms with van der Waals surface area (Å²) < 4.78 is 26.5. The Hall–Kier alpha value is -2.34. The maximum atomic E-state index is 13.2. The molecule has 0 spiro atoms. The maximum Gasteiger partial charge on any atom is 0.246 e. The van der Waals surface area contributed by atoms with Crippen LogP contribution in [0.15, 0.2) is 42.5 Å². The van der Waals surface area contributed by atoms with E-state index in [2.05, 4.69) is 0 Å². The lowest BCUT2D eigenvalue weighted by Crippen LogP contribution is -2.49. The molecular formula is C22H30N2O3S. The normalized spacial score (nSPS) is 12.5. The highest BCUT2D eigenvalue weighted by atomic mass is 32.2. The van der Waals surface area contributed by atoms with E-state index in [-0.39, 0.29) is 5.91 Å². The molecular weight excluding hydrogens is 372 g/mol. The summed E-state index contributed by atoms with van der Waals surface area (Å²) in [6.07, 6.45) is 1.54. The summed E-state index contributed by atoms with van der Waals surface area (Å²) in [5.41, 5.74) is 4.75. The summed E-state index contributed by atoms with van der Waals surface area (Å²) in [5.74, 6) is -0.216. The lowest BCUT2D eigenvalue weighted by molar-refractivity contribution is -0.131. The zero-order chi connectivity index (χ0) is 21.1. The molecule has 1 atom stereocenters. The van der Waals surface area contributed by atoms with E-state index in [9.17, 15) is 13.2 Å². The number of aryl methyl sites for hydroxylation is 3. The lowest BCUT2D eigenvalue weighted by Gasteiger charge is -2.33. The van der Waals surface area contributed by atoms with Crippen molar-refractivity contribution in [3.8, 4) is 0 Å². The quantitative estimate of drug-likeness (QED) is 0.707. The van der Waals surface area contributed by atoms with Gasteiger partial charge in [-0.1, -0.05) is 42.8 Å². The summed E-state index contributed by atoms with van der Waals surface area (Å²) in [7, 11) is -1.92. The molecule has 0 aromatic heterocycles. The molecule has 2 aromatic carbocycles. The van der Waals surface area contributed by atoms with Gasteiger partial charge in [0, 0.05) is 13.6 Å². The molecule has 0 saturated carbocycles. The predicted octanol–water partition coefficient (Wildman–Crippen LogP) is 3.82. The van der Waals surface area contributed by atoms with E-state index < -0.39 is 16.1 Å². The molecule has 0 bridgehead atoms. The second-order valence-electron chi connectivity index (χ2n) is 7.43. The monoisotopic (exact) mass is 402 g/mol. The van der Waals surface area contributed by atoms with Crippen LogP contribution in [-0.4, -0.2) is 38.6 Å². The number of benzene rings is 2. The van der Waals surface area contributed by atoms with Gasteiger partial charge in [0.2, 0.25) is 15.9 Å². The fraction of sp³-hybridized carbons (Fsp3) is 0.409. The molecule has 6 heteroatoms. The molecule has 0 aliphatic rings. The van der Waals surface area contributed by atoms with Gasteiger partial charge in [-0.2, -0.15) is 0 Å². The van der Waals surface area contributed by atoms with Gasteiger partial charge in [-0.3, -0.25) is 9.10 Å². The molecule has 1 unspecified atom stereocenters. The van der Waals surface area contributed by atoms with Crippen molar-refractivity contribution in [2.75, 3.05) is 17.6 Å². The number of carbonyl (C=O) groups excluding carboxylic acids is 1. The van der Waals surface area contributed by atoms with E-state index in [0.717, 1.165) is 28.5 Å². The number of sulfonamides is 1. The maximum absolute atomic E-state index is 13.2. The second kappa shape index (κ2) is 8.78. The topological polar surface area (TPSA) is 57.7 Å². The first-order valence-corrected chi connectivity index (χ1v) is 11.3. The highest BCUT2D eigenvalue weighted by Crippen LogP contribution is 2.26. The van der Waals surface area contributed by atoms with Gasteiger partial charge >= 0.3 is 0 Å². The molecule has 0 aliphatic carbocycles. The first-order chi connectivity index (χ1) is 13.0. The van der Waals surface area contributed by atoms with Gasteiger partial charge in [-0.05, 0) is 56.0 Å². The first-order valence-electron chi connectivity index (χ1n) is 9.41. The van der Waals surface area contributed by atoms with Gasteiger partial charge in [0.05, 0.1) is 11.9 Å². The molecule has 28 heavy (non-hydrogen) atoms. The molecule has 2 aromatic rings. The summed E-state index contributed by atoms with van der Waals surface area (Å²) in [5, 5.41) is 0. The van der Waals surface area contributed by atoms with Crippen LogP contribution in [0.25, 0.3) is 0 Å². The first kappa shape index (κ1) is 22.0. The van der Waals surface area contributed by atoms with Crippen molar-refractivity contribution in [3.05, 3.63) is 64.7 Å². The van der Waals surface area contributed by atoms with Gasteiger partial charge in [-0.25, -0.2) is 8.42 Å². The molecule has 0 N–H and O–H groups in total. The standard InChI is InChI=1S/C22H30N2O3S/c1-7-21(22(25)23(5)15-19-11-8-16(2)9-12-19)24(28(6,26)27)20-13-10-17(3)18(4)14-20/h8-14,21H,7,15H2,1-6H3. The number of likely N-dealkylation sites (N-methyl/N-ethyl adjacent to an activating group) is 1. The zero-order valence-corrected chi connectivity index (χ0v) is 18.4. The van der Waals surface area contributed by atoms with Crippen LogP contribution in [0.1, 0.15) is 35.6 Å². The fourth-order valence-corrected chi connectivity index (χ4v) is 4.40. The highest BCUT2D eigenvalue weighted by Gasteiger charge is 2.33. The fourth-order valence-electron chi connectivity index (χ4n) is 3.21. The van der Waals surface area contributed by atoms with Gasteiger partial charge in [0.25, 0.3) is 0 Å². The predicted molar refractivity (Wildman–Crippen MR) is 115 cm³/mol. The number of anilines is 1. The van der Waals surface area contributed by atoms with Crippen molar-refractivity contribution >= 4 is 21.6 Å². The van der Waals surface area contributed by atoms with Gasteiger partial charge in [0.15, 0.2) is 0 Å². The summed E-state index contributed by atoms with van der Waals surface area (Å²) in [6.45, 7) is 8.19. The Morgan fingerprint density at radius 2 is 1.61 bits per heavy atom. The van der Waals surface area contributed by atoms with Crippen LogP contribution in [0, 0.1) is 20.8 Å². The minimum atomic E-state index is -3.63. The van der Waals surface area contributed by atoms with Crippen LogP contribution in [0.3, 0.4) is 0 Å². The smallest absolute Gasteiger partial charge is 0.246 e. The molecule has 0 heterocycles. The SMILES string of the molecule is CCC(C(=O)N(C)Cc1ccc(C)cc1)N(c1ccc(C)c(C)c1)S(C)(=O)=O. The van der Waals surface area contributed by atoms with Crippen LogP contribution in [0.2, 0.25) is 0 Å². The van der Waals surface area contributed by atoms with Crippen molar-refractivity contribution in [2.24, 2.45) is 0 Å². The molecule has 2 rings (SSSR count).